The average molecular weight is 221 g/mol. The van der Waals surface area contributed by atoms with Crippen LogP contribution in [0.3, 0.4) is 0 Å². The Morgan fingerprint density at radius 3 is 2.59 bits per heavy atom. The predicted octanol–water partition coefficient (Wildman–Crippen LogP) is 2.33. The molecule has 2 aromatic heterocycles. The minimum atomic E-state index is 0.764. The summed E-state index contributed by atoms with van der Waals surface area (Å²) in [5.74, 6) is 0. The van der Waals surface area contributed by atoms with Gasteiger partial charge in [0.2, 0.25) is 0 Å². The first kappa shape index (κ1) is 9.72. The molecule has 0 amide bonds. The van der Waals surface area contributed by atoms with Gasteiger partial charge in [0, 0.05) is 5.56 Å². The molecule has 0 unspecified atom stereocenters. The molecule has 0 aliphatic rings. The average Bonchev–Trinajstić information content (AvgIpc) is 2.94. The van der Waals surface area contributed by atoms with Crippen molar-refractivity contribution in [2.24, 2.45) is 0 Å². The van der Waals surface area contributed by atoms with Crippen molar-refractivity contribution in [2.75, 3.05) is 0 Å². The predicted molar refractivity (Wildman–Crippen MR) is 63.9 cm³/mol. The molecule has 0 saturated heterocycles. The molecule has 0 saturated carbocycles. The van der Waals surface area contributed by atoms with Gasteiger partial charge in [-0.1, -0.05) is 30.3 Å². The molecular formula is C13H9N4. The summed E-state index contributed by atoms with van der Waals surface area (Å²) in [6, 6.07) is 11.7. The summed E-state index contributed by atoms with van der Waals surface area (Å²) in [4.78, 5) is 8.72. The molecule has 1 radical (unpaired) electrons. The molecule has 0 atom stereocenters. The molecule has 1 aromatic carbocycles. The summed E-state index contributed by atoms with van der Waals surface area (Å²) in [5, 5.41) is 6.61. The Balaban J connectivity index is 2.06. The molecule has 0 aliphatic heterocycles. The van der Waals surface area contributed by atoms with Crippen molar-refractivity contribution >= 4 is 0 Å². The van der Waals surface area contributed by atoms with Gasteiger partial charge < -0.3 is 0 Å². The molecule has 0 spiro atoms. The van der Waals surface area contributed by atoms with E-state index in [9.17, 15) is 0 Å². The van der Waals surface area contributed by atoms with Crippen molar-refractivity contribution in [3.63, 3.8) is 0 Å². The monoisotopic (exact) mass is 221 g/mol. The number of H-pyrrole nitrogens is 1. The Morgan fingerprint density at radius 1 is 1.00 bits per heavy atom. The van der Waals surface area contributed by atoms with Crippen LogP contribution in [0.5, 0.6) is 0 Å². The van der Waals surface area contributed by atoms with E-state index in [-0.39, 0.29) is 0 Å². The van der Waals surface area contributed by atoms with E-state index in [2.05, 4.69) is 26.4 Å². The number of aromatic amines is 1. The number of hydrogen-bond acceptors (Lipinski definition) is 3. The van der Waals surface area contributed by atoms with Gasteiger partial charge in [-0.15, -0.1) is 0 Å². The smallest absolute Gasteiger partial charge is 0.113 e. The van der Waals surface area contributed by atoms with Gasteiger partial charge in [0.1, 0.15) is 11.9 Å². The summed E-state index contributed by atoms with van der Waals surface area (Å²) in [6.45, 7) is 0. The number of nitrogens with zero attached hydrogens (tertiary/aromatic N) is 3. The van der Waals surface area contributed by atoms with E-state index in [1.807, 2.05) is 30.3 Å². The van der Waals surface area contributed by atoms with Crippen molar-refractivity contribution in [1.29, 1.82) is 0 Å². The lowest BCUT2D eigenvalue weighted by atomic mass is 10.1. The lowest BCUT2D eigenvalue weighted by Gasteiger charge is -2.02. The molecule has 17 heavy (non-hydrogen) atoms. The van der Waals surface area contributed by atoms with Crippen LogP contribution in [-0.2, 0) is 0 Å². The molecule has 4 nitrogen and oxygen atoms in total. The van der Waals surface area contributed by atoms with Crippen molar-refractivity contribution < 1.29 is 0 Å². The fourth-order valence-corrected chi connectivity index (χ4v) is 1.60. The zero-order chi connectivity index (χ0) is 11.5. The Kier molecular flexibility index (Phi) is 2.38. The van der Waals surface area contributed by atoms with Crippen LogP contribution in [0.2, 0.25) is 0 Å². The zero-order valence-electron chi connectivity index (χ0n) is 8.96. The highest BCUT2D eigenvalue weighted by Gasteiger charge is 2.04. The summed E-state index contributed by atoms with van der Waals surface area (Å²) in [7, 11) is 0. The third-order valence-corrected chi connectivity index (χ3v) is 2.43. The van der Waals surface area contributed by atoms with Crippen LogP contribution in [0.25, 0.3) is 22.6 Å². The van der Waals surface area contributed by atoms with E-state index >= 15 is 0 Å². The number of benzene rings is 1. The number of hydrogen-bond donors (Lipinski definition) is 1. The standard InChI is InChI=1S/C13H9N4/c1-2-4-10(5-3-1)12-8-14-9-13(16-12)11-6-7-15-17-11/h1-6,8-9H,(H,15,17). The Morgan fingerprint density at radius 2 is 1.82 bits per heavy atom. The van der Waals surface area contributed by atoms with Crippen LogP contribution in [-0.4, -0.2) is 20.2 Å². The van der Waals surface area contributed by atoms with E-state index in [1.165, 1.54) is 0 Å². The minimum absolute atomic E-state index is 0.764. The number of rotatable bonds is 2. The van der Waals surface area contributed by atoms with Crippen molar-refractivity contribution in [1.82, 2.24) is 20.2 Å². The van der Waals surface area contributed by atoms with Gasteiger partial charge in [-0.25, -0.2) is 4.98 Å². The van der Waals surface area contributed by atoms with Gasteiger partial charge in [-0.05, 0) is 6.07 Å². The van der Waals surface area contributed by atoms with Crippen LogP contribution in [0, 0.1) is 6.20 Å². The highest BCUT2D eigenvalue weighted by Crippen LogP contribution is 2.19. The zero-order valence-corrected chi connectivity index (χ0v) is 8.96. The maximum atomic E-state index is 4.53. The second-order valence-corrected chi connectivity index (χ2v) is 3.57. The van der Waals surface area contributed by atoms with E-state index in [0.29, 0.717) is 0 Å². The maximum Gasteiger partial charge on any atom is 0.113 e. The first-order valence-corrected chi connectivity index (χ1v) is 5.23. The Labute approximate surface area is 98.4 Å². The van der Waals surface area contributed by atoms with Crippen LogP contribution >= 0.6 is 0 Å². The van der Waals surface area contributed by atoms with E-state index in [4.69, 9.17) is 0 Å². The van der Waals surface area contributed by atoms with Gasteiger partial charge in [0.25, 0.3) is 0 Å². The second-order valence-electron chi connectivity index (χ2n) is 3.57. The van der Waals surface area contributed by atoms with Crippen LogP contribution in [0.15, 0.2) is 48.8 Å². The second kappa shape index (κ2) is 4.17. The molecule has 0 fully saturated rings. The highest BCUT2D eigenvalue weighted by molar-refractivity contribution is 5.62. The molecular weight excluding hydrogens is 212 g/mol. The third kappa shape index (κ3) is 1.92. The molecule has 4 heteroatoms. The molecule has 2 heterocycles. The van der Waals surface area contributed by atoms with Crippen LogP contribution in [0.1, 0.15) is 0 Å². The number of aromatic nitrogens is 4. The summed E-state index contributed by atoms with van der Waals surface area (Å²) < 4.78 is 0. The lowest BCUT2D eigenvalue weighted by Crippen LogP contribution is -1.90. The topological polar surface area (TPSA) is 54.5 Å². The first-order valence-electron chi connectivity index (χ1n) is 5.23. The van der Waals surface area contributed by atoms with E-state index < -0.39 is 0 Å². The third-order valence-electron chi connectivity index (χ3n) is 2.43. The van der Waals surface area contributed by atoms with Gasteiger partial charge in [-0.3, -0.25) is 10.1 Å². The summed E-state index contributed by atoms with van der Waals surface area (Å²) >= 11 is 0. The lowest BCUT2D eigenvalue weighted by molar-refractivity contribution is 1.07. The fraction of sp³-hybridized carbons (Fsp3) is 0. The SMILES string of the molecule is [c]1cc(-c2cncc(-c3ccccc3)n2)[nH]n1. The van der Waals surface area contributed by atoms with E-state index in [1.54, 1.807) is 18.5 Å². The minimum Gasteiger partial charge on any atom is -0.276 e. The molecule has 81 valence electrons. The van der Waals surface area contributed by atoms with Crippen LogP contribution in [0.4, 0.5) is 0 Å². The van der Waals surface area contributed by atoms with Gasteiger partial charge in [0.05, 0.1) is 23.8 Å². The fourth-order valence-electron chi connectivity index (χ4n) is 1.60. The highest BCUT2D eigenvalue weighted by atomic mass is 15.1. The Hall–Kier alpha value is -2.49. The largest absolute Gasteiger partial charge is 0.276 e. The van der Waals surface area contributed by atoms with Crippen LogP contribution < -0.4 is 0 Å². The normalized spacial score (nSPS) is 10.4. The molecule has 1 N–H and O–H groups in total. The van der Waals surface area contributed by atoms with E-state index in [0.717, 1.165) is 22.6 Å². The quantitative estimate of drug-likeness (QED) is 0.722. The van der Waals surface area contributed by atoms with Gasteiger partial charge in [0.15, 0.2) is 0 Å². The maximum absolute atomic E-state index is 4.53. The first-order chi connectivity index (χ1) is 8.43. The number of nitrogens with one attached hydrogen (secondary N) is 1. The molecule has 3 aromatic rings. The van der Waals surface area contributed by atoms with Crippen molar-refractivity contribution in [3.8, 4) is 22.6 Å². The molecule has 3 rings (SSSR count). The molecule has 0 bridgehead atoms. The van der Waals surface area contributed by atoms with Crippen molar-refractivity contribution in [2.45, 2.75) is 0 Å². The Bertz CT molecular complexity index is 602. The molecule has 0 aliphatic carbocycles. The summed E-state index contributed by atoms with van der Waals surface area (Å²) in [6.07, 6.45) is 6.17. The van der Waals surface area contributed by atoms with Crippen molar-refractivity contribution in [3.05, 3.63) is 55.0 Å². The summed E-state index contributed by atoms with van der Waals surface area (Å²) in [5.41, 5.74) is 3.47. The van der Waals surface area contributed by atoms with Gasteiger partial charge in [-0.2, -0.15) is 5.10 Å². The van der Waals surface area contributed by atoms with Gasteiger partial charge >= 0.3 is 0 Å².